The third kappa shape index (κ3) is 3.47. The lowest BCUT2D eigenvalue weighted by atomic mass is 10.1. The Morgan fingerprint density at radius 2 is 2.24 bits per heavy atom. The van der Waals surface area contributed by atoms with E-state index in [-0.39, 0.29) is 0 Å². The minimum atomic E-state index is 0.507. The Hall–Kier alpha value is -1.32. The lowest BCUT2D eigenvalue weighted by molar-refractivity contribution is 0.101. The van der Waals surface area contributed by atoms with Gasteiger partial charge in [0.2, 0.25) is 0 Å². The molecule has 1 aliphatic rings. The van der Waals surface area contributed by atoms with Gasteiger partial charge in [-0.25, -0.2) is 0 Å². The van der Waals surface area contributed by atoms with Crippen LogP contribution < -0.4 is 5.32 Å². The zero-order valence-corrected chi connectivity index (χ0v) is 13.0. The van der Waals surface area contributed by atoms with Crippen molar-refractivity contribution in [3.8, 4) is 0 Å². The van der Waals surface area contributed by atoms with Crippen LogP contribution in [-0.2, 0) is 17.8 Å². The average Bonchev–Trinajstić information content (AvgIpc) is 3.14. The minimum Gasteiger partial charge on any atom is -0.378 e. The Labute approximate surface area is 127 Å². The molecule has 1 atom stereocenters. The molecule has 114 valence electrons. The van der Waals surface area contributed by atoms with Crippen molar-refractivity contribution in [3.63, 3.8) is 0 Å². The van der Waals surface area contributed by atoms with E-state index in [9.17, 15) is 0 Å². The van der Waals surface area contributed by atoms with Crippen LogP contribution in [-0.4, -0.2) is 23.8 Å². The molecule has 0 spiro atoms. The van der Waals surface area contributed by atoms with Crippen molar-refractivity contribution in [2.45, 2.75) is 51.8 Å². The first-order valence-electron chi connectivity index (χ1n) is 8.27. The second kappa shape index (κ2) is 7.10. The van der Waals surface area contributed by atoms with Crippen LogP contribution in [0.2, 0.25) is 0 Å². The molecule has 0 radical (unpaired) electrons. The van der Waals surface area contributed by atoms with E-state index in [0.29, 0.717) is 6.10 Å². The number of para-hydroxylation sites is 1. The van der Waals surface area contributed by atoms with Crippen LogP contribution in [0.3, 0.4) is 0 Å². The molecule has 2 heterocycles. The van der Waals surface area contributed by atoms with Gasteiger partial charge in [-0.1, -0.05) is 25.1 Å². The van der Waals surface area contributed by atoms with Gasteiger partial charge >= 0.3 is 0 Å². The van der Waals surface area contributed by atoms with Crippen molar-refractivity contribution in [2.75, 3.05) is 13.2 Å². The predicted molar refractivity (Wildman–Crippen MR) is 87.5 cm³/mol. The summed E-state index contributed by atoms with van der Waals surface area (Å²) in [4.78, 5) is 0. The first kappa shape index (κ1) is 14.6. The van der Waals surface area contributed by atoms with Gasteiger partial charge in [0.1, 0.15) is 0 Å². The van der Waals surface area contributed by atoms with Gasteiger partial charge in [0, 0.05) is 36.8 Å². The highest BCUT2D eigenvalue weighted by Crippen LogP contribution is 2.23. The van der Waals surface area contributed by atoms with Gasteiger partial charge in [-0.15, -0.1) is 0 Å². The third-order valence-electron chi connectivity index (χ3n) is 4.39. The monoisotopic (exact) mass is 286 g/mol. The number of aromatic nitrogens is 1. The molecule has 0 aliphatic carbocycles. The summed E-state index contributed by atoms with van der Waals surface area (Å²) >= 11 is 0. The van der Waals surface area contributed by atoms with E-state index in [2.05, 4.69) is 47.3 Å². The number of aryl methyl sites for hydroxylation is 1. The van der Waals surface area contributed by atoms with Crippen molar-refractivity contribution in [2.24, 2.45) is 0 Å². The Balaban J connectivity index is 1.68. The van der Waals surface area contributed by atoms with Crippen LogP contribution >= 0.6 is 0 Å². The fourth-order valence-electron chi connectivity index (χ4n) is 3.27. The zero-order chi connectivity index (χ0) is 14.5. The van der Waals surface area contributed by atoms with E-state index in [4.69, 9.17) is 4.74 Å². The first-order valence-corrected chi connectivity index (χ1v) is 8.27. The maximum Gasteiger partial charge on any atom is 0.0576 e. The molecule has 1 N–H and O–H groups in total. The van der Waals surface area contributed by atoms with Crippen molar-refractivity contribution in [1.82, 2.24) is 9.88 Å². The number of rotatable bonds is 7. The number of nitrogens with one attached hydrogen (secondary N) is 1. The van der Waals surface area contributed by atoms with Crippen molar-refractivity contribution < 1.29 is 4.74 Å². The SMILES string of the molecule is CCNCc1cn(CCCC2CCCO2)c2ccccc12. The molecule has 1 fully saturated rings. The quantitative estimate of drug-likeness (QED) is 0.839. The molecule has 3 rings (SSSR count). The minimum absolute atomic E-state index is 0.507. The van der Waals surface area contributed by atoms with Gasteiger partial charge in [0.25, 0.3) is 0 Å². The highest BCUT2D eigenvalue weighted by molar-refractivity contribution is 5.83. The van der Waals surface area contributed by atoms with Crippen LogP contribution in [0.5, 0.6) is 0 Å². The number of hydrogen-bond donors (Lipinski definition) is 1. The number of ether oxygens (including phenoxy) is 1. The van der Waals surface area contributed by atoms with Crippen molar-refractivity contribution in [3.05, 3.63) is 36.0 Å². The second-order valence-electron chi connectivity index (χ2n) is 5.92. The Morgan fingerprint density at radius 1 is 1.33 bits per heavy atom. The lowest BCUT2D eigenvalue weighted by Gasteiger charge is -2.10. The molecular weight excluding hydrogens is 260 g/mol. The average molecular weight is 286 g/mol. The van der Waals surface area contributed by atoms with Crippen LogP contribution in [0.15, 0.2) is 30.5 Å². The second-order valence-corrected chi connectivity index (χ2v) is 5.92. The molecule has 0 saturated carbocycles. The molecule has 1 aromatic heterocycles. The summed E-state index contributed by atoms with van der Waals surface area (Å²) in [7, 11) is 0. The van der Waals surface area contributed by atoms with Crippen molar-refractivity contribution in [1.29, 1.82) is 0 Å². The van der Waals surface area contributed by atoms with Crippen molar-refractivity contribution >= 4 is 10.9 Å². The molecule has 21 heavy (non-hydrogen) atoms. The third-order valence-corrected chi connectivity index (χ3v) is 4.39. The number of fused-ring (bicyclic) bond motifs is 1. The molecule has 1 saturated heterocycles. The summed E-state index contributed by atoms with van der Waals surface area (Å²) in [5, 5.41) is 4.82. The first-order chi connectivity index (χ1) is 10.4. The summed E-state index contributed by atoms with van der Waals surface area (Å²) in [6.45, 7) is 6.17. The molecule has 1 unspecified atom stereocenters. The molecule has 0 bridgehead atoms. The summed E-state index contributed by atoms with van der Waals surface area (Å²) < 4.78 is 8.13. The molecule has 1 aliphatic heterocycles. The Morgan fingerprint density at radius 3 is 3.05 bits per heavy atom. The predicted octanol–water partition coefficient (Wildman–Crippen LogP) is 3.71. The maximum atomic E-state index is 5.72. The Bertz CT molecular complexity index is 570. The smallest absolute Gasteiger partial charge is 0.0576 e. The standard InChI is InChI=1S/C18H26N2O/c1-2-19-13-15-14-20(18-10-4-3-9-17(15)18)11-5-7-16-8-6-12-21-16/h3-4,9-10,14,16,19H,2,5-8,11-13H2,1H3. The summed E-state index contributed by atoms with van der Waals surface area (Å²) in [6.07, 6.45) is 7.71. The van der Waals surface area contributed by atoms with Gasteiger partial charge < -0.3 is 14.6 Å². The van der Waals surface area contributed by atoms with E-state index in [0.717, 1.165) is 26.2 Å². The molecule has 2 aromatic rings. The van der Waals surface area contributed by atoms with Crippen LogP contribution in [0, 0.1) is 0 Å². The molecule has 1 aromatic carbocycles. The fourth-order valence-corrected chi connectivity index (χ4v) is 3.27. The Kier molecular flexibility index (Phi) is 4.94. The number of benzene rings is 1. The van der Waals surface area contributed by atoms with Gasteiger partial charge in [-0.3, -0.25) is 0 Å². The van der Waals surface area contributed by atoms with E-state index in [1.807, 2.05) is 0 Å². The van der Waals surface area contributed by atoms with Crippen LogP contribution in [0.25, 0.3) is 10.9 Å². The maximum absolute atomic E-state index is 5.72. The van der Waals surface area contributed by atoms with Gasteiger partial charge in [0.15, 0.2) is 0 Å². The molecular formula is C18H26N2O. The normalized spacial score (nSPS) is 18.6. The zero-order valence-electron chi connectivity index (χ0n) is 13.0. The number of hydrogen-bond acceptors (Lipinski definition) is 2. The molecule has 3 heteroatoms. The summed E-state index contributed by atoms with van der Waals surface area (Å²) in [5.74, 6) is 0. The summed E-state index contributed by atoms with van der Waals surface area (Å²) in [5.41, 5.74) is 2.77. The van der Waals surface area contributed by atoms with E-state index < -0.39 is 0 Å². The molecule has 3 nitrogen and oxygen atoms in total. The summed E-state index contributed by atoms with van der Waals surface area (Å²) in [6, 6.07) is 8.74. The fraction of sp³-hybridized carbons (Fsp3) is 0.556. The lowest BCUT2D eigenvalue weighted by Crippen LogP contribution is -2.11. The molecule has 0 amide bonds. The van der Waals surface area contributed by atoms with E-state index >= 15 is 0 Å². The van der Waals surface area contributed by atoms with E-state index in [1.54, 1.807) is 0 Å². The topological polar surface area (TPSA) is 26.2 Å². The highest BCUT2D eigenvalue weighted by Gasteiger charge is 2.15. The highest BCUT2D eigenvalue weighted by atomic mass is 16.5. The number of nitrogens with zero attached hydrogens (tertiary/aromatic N) is 1. The van der Waals surface area contributed by atoms with Crippen LogP contribution in [0.4, 0.5) is 0 Å². The van der Waals surface area contributed by atoms with Crippen LogP contribution in [0.1, 0.15) is 38.2 Å². The largest absolute Gasteiger partial charge is 0.378 e. The van der Waals surface area contributed by atoms with Gasteiger partial charge in [-0.2, -0.15) is 0 Å². The van der Waals surface area contributed by atoms with Gasteiger partial charge in [0.05, 0.1) is 6.10 Å². The van der Waals surface area contributed by atoms with Gasteiger partial charge in [-0.05, 0) is 43.9 Å². The van der Waals surface area contributed by atoms with E-state index in [1.165, 1.54) is 42.1 Å².